The summed E-state index contributed by atoms with van der Waals surface area (Å²) in [6.07, 6.45) is -0.308. The summed E-state index contributed by atoms with van der Waals surface area (Å²) in [5.41, 5.74) is 0.931. The van der Waals surface area contributed by atoms with Crippen molar-refractivity contribution >= 4 is 16.9 Å². The first-order valence-electron chi connectivity index (χ1n) is 7.79. The Morgan fingerprint density at radius 2 is 1.83 bits per heavy atom. The maximum Gasteiger partial charge on any atom is 0.416 e. The van der Waals surface area contributed by atoms with E-state index in [0.29, 0.717) is 16.9 Å². The van der Waals surface area contributed by atoms with Gasteiger partial charge in [0.1, 0.15) is 11.6 Å². The Morgan fingerprint density at radius 1 is 1.04 bits per heavy atom. The minimum absolute atomic E-state index is 0.364. The van der Waals surface area contributed by atoms with Gasteiger partial charge in [-0.2, -0.15) is 13.2 Å². The van der Waals surface area contributed by atoms with Gasteiger partial charge in [-0.15, -0.1) is 0 Å². The van der Waals surface area contributed by atoms with Gasteiger partial charge in [0.2, 0.25) is 0 Å². The van der Waals surface area contributed by atoms with Crippen molar-refractivity contribution in [2.45, 2.75) is 19.0 Å². The normalized spacial score (nSPS) is 15.4. The summed E-state index contributed by atoms with van der Waals surface area (Å²) in [7, 11) is 0. The van der Waals surface area contributed by atoms with Crippen molar-refractivity contribution in [2.24, 2.45) is 0 Å². The van der Waals surface area contributed by atoms with Crippen LogP contribution in [0.25, 0.3) is 22.4 Å². The number of pyridine rings is 1. The third-order valence-electron chi connectivity index (χ3n) is 4.26. The van der Waals surface area contributed by atoms with Crippen molar-refractivity contribution in [1.29, 1.82) is 0 Å². The van der Waals surface area contributed by atoms with Gasteiger partial charge in [0.25, 0.3) is 0 Å². The minimum atomic E-state index is -4.36. The molecule has 0 unspecified atom stereocenters. The monoisotopic (exact) mass is 332 g/mol. The van der Waals surface area contributed by atoms with Crippen LogP contribution in [0.5, 0.6) is 0 Å². The average Bonchev–Trinajstić information content (AvgIpc) is 3.23. The Labute approximate surface area is 136 Å². The molecule has 3 heterocycles. The third-order valence-corrected chi connectivity index (χ3v) is 4.26. The fourth-order valence-electron chi connectivity index (χ4n) is 2.98. The fraction of sp³-hybridized carbons (Fsp3) is 0.294. The van der Waals surface area contributed by atoms with Crippen molar-refractivity contribution in [3.63, 3.8) is 0 Å². The summed E-state index contributed by atoms with van der Waals surface area (Å²) in [5, 5.41) is 0. The molecule has 4 rings (SSSR count). The second-order valence-electron chi connectivity index (χ2n) is 5.91. The summed E-state index contributed by atoms with van der Waals surface area (Å²) >= 11 is 0. The molecule has 1 aliphatic heterocycles. The Morgan fingerprint density at radius 3 is 2.50 bits per heavy atom. The van der Waals surface area contributed by atoms with Crippen LogP contribution in [0.3, 0.4) is 0 Å². The predicted octanol–water partition coefficient (Wildman–Crippen LogP) is 4.24. The van der Waals surface area contributed by atoms with Gasteiger partial charge in [-0.05, 0) is 43.2 Å². The van der Waals surface area contributed by atoms with Crippen LogP contribution in [-0.2, 0) is 6.18 Å². The Bertz CT molecular complexity index is 862. The van der Waals surface area contributed by atoms with Crippen molar-refractivity contribution in [3.05, 3.63) is 42.1 Å². The number of alkyl halides is 3. The smallest absolute Gasteiger partial charge is 0.357 e. The van der Waals surface area contributed by atoms with Crippen LogP contribution in [0, 0.1) is 0 Å². The van der Waals surface area contributed by atoms with Crippen molar-refractivity contribution in [2.75, 3.05) is 18.0 Å². The number of anilines is 1. The quantitative estimate of drug-likeness (QED) is 0.763. The zero-order valence-corrected chi connectivity index (χ0v) is 12.8. The molecule has 24 heavy (non-hydrogen) atoms. The third kappa shape index (κ3) is 2.70. The molecule has 0 bridgehead atoms. The molecule has 4 nitrogen and oxygen atoms in total. The second-order valence-corrected chi connectivity index (χ2v) is 5.91. The van der Waals surface area contributed by atoms with Gasteiger partial charge in [-0.1, -0.05) is 0 Å². The van der Waals surface area contributed by atoms with Gasteiger partial charge in [0, 0.05) is 24.8 Å². The first-order valence-corrected chi connectivity index (χ1v) is 7.79. The number of aromatic nitrogens is 3. The summed E-state index contributed by atoms with van der Waals surface area (Å²) in [6, 6.07) is 7.32. The summed E-state index contributed by atoms with van der Waals surface area (Å²) in [6.45, 7) is 2.02. The first-order chi connectivity index (χ1) is 11.5. The van der Waals surface area contributed by atoms with E-state index >= 15 is 0 Å². The standard InChI is InChI=1S/C17H15F3N4/c18-17(19,20)12-4-5-13-14(9-12)23-16(22-13)11-3-6-15(21-10-11)24-7-1-2-8-24/h3-6,9-10H,1-2,7-8H2,(H,22,23). The molecule has 1 N–H and O–H groups in total. The highest BCUT2D eigenvalue weighted by molar-refractivity contribution is 5.80. The lowest BCUT2D eigenvalue weighted by atomic mass is 10.2. The first kappa shape index (κ1) is 15.0. The highest BCUT2D eigenvalue weighted by Gasteiger charge is 2.30. The van der Waals surface area contributed by atoms with E-state index in [-0.39, 0.29) is 0 Å². The van der Waals surface area contributed by atoms with Crippen LogP contribution in [0.15, 0.2) is 36.5 Å². The maximum absolute atomic E-state index is 12.8. The number of nitrogens with zero attached hydrogens (tertiary/aromatic N) is 3. The molecule has 2 aromatic heterocycles. The van der Waals surface area contributed by atoms with Crippen molar-refractivity contribution < 1.29 is 13.2 Å². The van der Waals surface area contributed by atoms with Crippen molar-refractivity contribution in [3.8, 4) is 11.4 Å². The molecule has 0 spiro atoms. The van der Waals surface area contributed by atoms with Crippen LogP contribution >= 0.6 is 0 Å². The number of rotatable bonds is 2. The molecule has 0 saturated carbocycles. The van der Waals surface area contributed by atoms with Gasteiger partial charge >= 0.3 is 6.18 Å². The van der Waals surface area contributed by atoms with E-state index in [9.17, 15) is 13.2 Å². The average molecular weight is 332 g/mol. The number of H-pyrrole nitrogens is 1. The number of fused-ring (bicyclic) bond motifs is 1. The van der Waals surface area contributed by atoms with E-state index in [2.05, 4.69) is 19.9 Å². The van der Waals surface area contributed by atoms with Crippen molar-refractivity contribution in [1.82, 2.24) is 15.0 Å². The minimum Gasteiger partial charge on any atom is -0.357 e. The molecule has 1 aromatic carbocycles. The van der Waals surface area contributed by atoms with E-state index in [1.807, 2.05) is 12.1 Å². The molecular weight excluding hydrogens is 317 g/mol. The molecular formula is C17H15F3N4. The molecule has 3 aromatic rings. The number of hydrogen-bond donors (Lipinski definition) is 1. The van der Waals surface area contributed by atoms with Crippen LogP contribution in [-0.4, -0.2) is 28.0 Å². The van der Waals surface area contributed by atoms with E-state index < -0.39 is 11.7 Å². The van der Waals surface area contributed by atoms with E-state index in [4.69, 9.17) is 0 Å². The molecule has 0 atom stereocenters. The van der Waals surface area contributed by atoms with Crippen LogP contribution in [0.1, 0.15) is 18.4 Å². The van der Waals surface area contributed by atoms with Gasteiger partial charge in [-0.25, -0.2) is 9.97 Å². The number of nitrogens with one attached hydrogen (secondary N) is 1. The number of benzene rings is 1. The molecule has 0 radical (unpaired) electrons. The van der Waals surface area contributed by atoms with Gasteiger partial charge < -0.3 is 9.88 Å². The number of hydrogen-bond acceptors (Lipinski definition) is 3. The molecule has 0 aliphatic carbocycles. The highest BCUT2D eigenvalue weighted by atomic mass is 19.4. The van der Waals surface area contributed by atoms with Crippen LogP contribution < -0.4 is 4.90 Å². The number of halogens is 3. The van der Waals surface area contributed by atoms with Gasteiger partial charge in [0.05, 0.1) is 16.6 Å². The lowest BCUT2D eigenvalue weighted by Crippen LogP contribution is -2.18. The molecule has 1 saturated heterocycles. The second kappa shape index (κ2) is 5.51. The predicted molar refractivity (Wildman–Crippen MR) is 85.8 cm³/mol. The lowest BCUT2D eigenvalue weighted by molar-refractivity contribution is -0.137. The van der Waals surface area contributed by atoms with Crippen LogP contribution in [0.2, 0.25) is 0 Å². The Hall–Kier alpha value is -2.57. The molecule has 124 valence electrons. The summed E-state index contributed by atoms with van der Waals surface area (Å²) in [5.74, 6) is 1.44. The van der Waals surface area contributed by atoms with Crippen LogP contribution in [0.4, 0.5) is 19.0 Å². The molecule has 7 heteroatoms. The number of imidazole rings is 1. The Kier molecular flexibility index (Phi) is 3.44. The van der Waals surface area contributed by atoms with E-state index in [1.54, 1.807) is 6.20 Å². The zero-order valence-electron chi connectivity index (χ0n) is 12.8. The largest absolute Gasteiger partial charge is 0.416 e. The van der Waals surface area contributed by atoms with E-state index in [1.165, 1.54) is 18.9 Å². The topological polar surface area (TPSA) is 44.8 Å². The molecule has 1 fully saturated rings. The SMILES string of the molecule is FC(F)(F)c1ccc2nc(-c3ccc(N4CCCC4)nc3)[nH]c2c1. The zero-order chi connectivity index (χ0) is 16.7. The van der Waals surface area contributed by atoms with Gasteiger partial charge in [0.15, 0.2) is 0 Å². The summed E-state index contributed by atoms with van der Waals surface area (Å²) < 4.78 is 38.4. The fourth-order valence-corrected chi connectivity index (χ4v) is 2.98. The summed E-state index contributed by atoms with van der Waals surface area (Å²) in [4.78, 5) is 14.0. The molecule has 1 aliphatic rings. The Balaban J connectivity index is 1.66. The lowest BCUT2D eigenvalue weighted by Gasteiger charge is -2.15. The highest BCUT2D eigenvalue weighted by Crippen LogP contribution is 2.31. The molecule has 0 amide bonds. The maximum atomic E-state index is 12.8. The van der Waals surface area contributed by atoms with E-state index in [0.717, 1.165) is 36.6 Å². The number of aromatic amines is 1. The van der Waals surface area contributed by atoms with Gasteiger partial charge in [-0.3, -0.25) is 0 Å².